The van der Waals surface area contributed by atoms with E-state index >= 15 is 0 Å². The minimum absolute atomic E-state index is 0.0197. The second-order valence-corrected chi connectivity index (χ2v) is 11.0. The summed E-state index contributed by atoms with van der Waals surface area (Å²) >= 11 is 0. The third-order valence-electron chi connectivity index (χ3n) is 7.60. The lowest BCUT2D eigenvalue weighted by Gasteiger charge is -2.26. The van der Waals surface area contributed by atoms with Crippen LogP contribution in [0.1, 0.15) is 67.8 Å². The number of amides is 3. The molecule has 4 atom stereocenters. The number of Topliss-reactive ketones (excluding diaryl/α,β-unsaturated/α-hetero) is 1. The number of rotatable bonds is 13. The van der Waals surface area contributed by atoms with E-state index in [0.717, 1.165) is 31.2 Å². The van der Waals surface area contributed by atoms with E-state index in [1.807, 2.05) is 12.1 Å². The molecular weight excluding hydrogens is 516 g/mol. The topological polar surface area (TPSA) is 152 Å². The molecule has 1 aliphatic heterocycles. The van der Waals surface area contributed by atoms with Crippen molar-refractivity contribution >= 4 is 23.5 Å². The molecular formula is C29H38N4O7. The van der Waals surface area contributed by atoms with Crippen LogP contribution < -0.4 is 20.7 Å². The van der Waals surface area contributed by atoms with Crippen LogP contribution in [0.2, 0.25) is 0 Å². The Morgan fingerprint density at radius 1 is 1.05 bits per heavy atom. The largest absolute Gasteiger partial charge is 0.497 e. The summed E-state index contributed by atoms with van der Waals surface area (Å²) in [7, 11) is 1.56. The predicted octanol–water partition coefficient (Wildman–Crippen LogP) is 2.26. The smallest absolute Gasteiger partial charge is 0.290 e. The molecule has 0 radical (unpaired) electrons. The lowest BCUT2D eigenvalue weighted by atomic mass is 9.90. The van der Waals surface area contributed by atoms with Gasteiger partial charge in [0.05, 0.1) is 25.5 Å². The zero-order valence-corrected chi connectivity index (χ0v) is 23.5. The number of carbonyl (C=O) groups excluding carboxylic acids is 4. The van der Waals surface area contributed by atoms with Crippen LogP contribution in [-0.2, 0) is 25.5 Å². The number of benzene rings is 1. The van der Waals surface area contributed by atoms with Crippen LogP contribution in [0.4, 0.5) is 0 Å². The highest BCUT2D eigenvalue weighted by atomic mass is 16.6. The number of epoxide rings is 1. The molecule has 11 heteroatoms. The SMILES string of the molecule is COc1ccc(C[C@H](NC(=O)[C@H](C)NC(=O)c2cc(C)no2)C(=O)N[C@@H](CC2CCCC2)C(=O)[C@]2(C)CO2)cc1. The summed E-state index contributed by atoms with van der Waals surface area (Å²) in [6.07, 6.45) is 4.97. The fourth-order valence-electron chi connectivity index (χ4n) is 5.01. The van der Waals surface area contributed by atoms with Crippen molar-refractivity contribution in [3.05, 3.63) is 47.3 Å². The molecule has 2 fully saturated rings. The monoisotopic (exact) mass is 554 g/mol. The molecule has 1 aliphatic carbocycles. The van der Waals surface area contributed by atoms with Crippen molar-refractivity contribution in [2.45, 2.75) is 83.0 Å². The van der Waals surface area contributed by atoms with Crippen molar-refractivity contribution in [3.63, 3.8) is 0 Å². The number of carbonyl (C=O) groups is 4. The molecule has 0 unspecified atom stereocenters. The number of aryl methyl sites for hydroxylation is 1. The van der Waals surface area contributed by atoms with Gasteiger partial charge in [0.25, 0.3) is 5.91 Å². The van der Waals surface area contributed by atoms with Gasteiger partial charge in [-0.25, -0.2) is 0 Å². The number of hydrogen-bond donors (Lipinski definition) is 3. The number of aromatic nitrogens is 1. The van der Waals surface area contributed by atoms with Crippen molar-refractivity contribution in [2.75, 3.05) is 13.7 Å². The zero-order chi connectivity index (χ0) is 28.9. The van der Waals surface area contributed by atoms with Gasteiger partial charge in [-0.2, -0.15) is 0 Å². The number of methoxy groups -OCH3 is 1. The average molecular weight is 555 g/mol. The maximum Gasteiger partial charge on any atom is 0.290 e. The summed E-state index contributed by atoms with van der Waals surface area (Å²) in [5.74, 6) is -0.796. The van der Waals surface area contributed by atoms with E-state index in [1.54, 1.807) is 33.1 Å². The molecule has 2 heterocycles. The van der Waals surface area contributed by atoms with Gasteiger partial charge < -0.3 is 29.9 Å². The first-order valence-electron chi connectivity index (χ1n) is 13.7. The summed E-state index contributed by atoms with van der Waals surface area (Å²) in [6, 6.07) is 5.93. The van der Waals surface area contributed by atoms with E-state index in [1.165, 1.54) is 13.0 Å². The first kappa shape index (κ1) is 29.3. The minimum Gasteiger partial charge on any atom is -0.497 e. The Kier molecular flexibility index (Phi) is 9.24. The summed E-state index contributed by atoms with van der Waals surface area (Å²) in [6.45, 7) is 5.26. The summed E-state index contributed by atoms with van der Waals surface area (Å²) in [5.41, 5.74) is 0.431. The molecule has 2 aromatic rings. The van der Waals surface area contributed by atoms with Gasteiger partial charge in [-0.15, -0.1) is 0 Å². The maximum atomic E-state index is 13.7. The third-order valence-corrected chi connectivity index (χ3v) is 7.60. The highest BCUT2D eigenvalue weighted by molar-refractivity contribution is 5.99. The number of nitrogens with one attached hydrogen (secondary N) is 3. The summed E-state index contributed by atoms with van der Waals surface area (Å²) in [5, 5.41) is 11.9. The van der Waals surface area contributed by atoms with Gasteiger partial charge >= 0.3 is 0 Å². The molecule has 11 nitrogen and oxygen atoms in total. The molecule has 4 rings (SSSR count). The van der Waals surface area contributed by atoms with Crippen LogP contribution in [0.25, 0.3) is 0 Å². The molecule has 40 heavy (non-hydrogen) atoms. The first-order valence-corrected chi connectivity index (χ1v) is 13.7. The van der Waals surface area contributed by atoms with E-state index in [4.69, 9.17) is 14.0 Å². The van der Waals surface area contributed by atoms with Crippen LogP contribution in [0.5, 0.6) is 5.75 Å². The van der Waals surface area contributed by atoms with Crippen LogP contribution in [0.15, 0.2) is 34.9 Å². The number of hydrogen-bond acceptors (Lipinski definition) is 8. The molecule has 1 aromatic carbocycles. The summed E-state index contributed by atoms with van der Waals surface area (Å²) in [4.78, 5) is 52.5. The van der Waals surface area contributed by atoms with Gasteiger partial charge in [-0.05, 0) is 50.8 Å². The van der Waals surface area contributed by atoms with Crippen molar-refractivity contribution in [1.82, 2.24) is 21.1 Å². The molecule has 3 N–H and O–H groups in total. The molecule has 3 amide bonds. The van der Waals surface area contributed by atoms with Gasteiger partial charge in [0, 0.05) is 12.5 Å². The number of ketones is 1. The molecule has 0 spiro atoms. The van der Waals surface area contributed by atoms with E-state index in [2.05, 4.69) is 21.1 Å². The van der Waals surface area contributed by atoms with Crippen LogP contribution in [0, 0.1) is 12.8 Å². The molecule has 1 aromatic heterocycles. The standard InChI is InChI=1S/C29H38N4O7/c1-17-13-24(40-33-17)28(37)30-18(2)26(35)32-23(15-20-9-11-21(38-4)12-10-20)27(36)31-22(14-19-7-5-6-8-19)25(34)29(3)16-39-29/h9-13,18-19,22-23H,5-8,14-16H2,1-4H3,(H,30,37)(H,31,36)(H,32,35)/t18-,22-,23-,29-/m0/s1. The molecule has 0 bridgehead atoms. The van der Waals surface area contributed by atoms with Gasteiger partial charge in [0.1, 0.15) is 23.4 Å². The minimum atomic E-state index is -1.00. The molecule has 1 saturated heterocycles. The fourth-order valence-corrected chi connectivity index (χ4v) is 5.01. The Morgan fingerprint density at radius 2 is 1.70 bits per heavy atom. The lowest BCUT2D eigenvalue weighted by molar-refractivity contribution is -0.133. The van der Waals surface area contributed by atoms with Gasteiger partial charge in [0.15, 0.2) is 5.78 Å². The second kappa shape index (κ2) is 12.6. The highest BCUT2D eigenvalue weighted by Crippen LogP contribution is 2.33. The Bertz CT molecular complexity index is 1220. The fraction of sp³-hybridized carbons (Fsp3) is 0.552. The van der Waals surface area contributed by atoms with Gasteiger partial charge in [-0.3, -0.25) is 19.2 Å². The Balaban J connectivity index is 1.48. The van der Waals surface area contributed by atoms with E-state index in [0.29, 0.717) is 30.4 Å². The average Bonchev–Trinajstić information content (AvgIpc) is 3.28. The maximum absolute atomic E-state index is 13.7. The Morgan fingerprint density at radius 3 is 2.27 bits per heavy atom. The van der Waals surface area contributed by atoms with Gasteiger partial charge in [0.2, 0.25) is 17.6 Å². The van der Waals surface area contributed by atoms with Crippen molar-refractivity contribution < 1.29 is 33.2 Å². The molecule has 2 aliphatic rings. The van der Waals surface area contributed by atoms with E-state index in [9.17, 15) is 19.2 Å². The Labute approximate surface area is 233 Å². The van der Waals surface area contributed by atoms with Crippen molar-refractivity contribution in [3.8, 4) is 5.75 Å². The third kappa shape index (κ3) is 7.47. The van der Waals surface area contributed by atoms with Gasteiger partial charge in [-0.1, -0.05) is 43.0 Å². The second-order valence-electron chi connectivity index (χ2n) is 11.0. The Hall–Kier alpha value is -3.73. The van der Waals surface area contributed by atoms with E-state index < -0.39 is 41.4 Å². The van der Waals surface area contributed by atoms with E-state index in [-0.39, 0.29) is 18.0 Å². The number of nitrogens with zero attached hydrogens (tertiary/aromatic N) is 1. The lowest BCUT2D eigenvalue weighted by Crippen LogP contribution is -2.57. The van der Waals surface area contributed by atoms with Crippen LogP contribution >= 0.6 is 0 Å². The molecule has 1 saturated carbocycles. The summed E-state index contributed by atoms with van der Waals surface area (Å²) < 4.78 is 15.6. The zero-order valence-electron chi connectivity index (χ0n) is 23.5. The van der Waals surface area contributed by atoms with Crippen molar-refractivity contribution in [2.24, 2.45) is 5.92 Å². The van der Waals surface area contributed by atoms with Crippen LogP contribution in [-0.4, -0.2) is 66.1 Å². The van der Waals surface area contributed by atoms with Crippen molar-refractivity contribution in [1.29, 1.82) is 0 Å². The highest BCUT2D eigenvalue weighted by Gasteiger charge is 2.50. The first-order chi connectivity index (χ1) is 19.1. The molecule has 216 valence electrons. The van der Waals surface area contributed by atoms with Crippen LogP contribution in [0.3, 0.4) is 0 Å². The predicted molar refractivity (Wildman–Crippen MR) is 145 cm³/mol. The normalized spacial score (nSPS) is 20.7. The number of ether oxygens (including phenoxy) is 2. The quantitative estimate of drug-likeness (QED) is 0.319.